The number of pyridine rings is 1. The summed E-state index contributed by atoms with van der Waals surface area (Å²) in [5, 5.41) is 9.11. The molecule has 0 radical (unpaired) electrons. The molecule has 88 valence electrons. The van der Waals surface area contributed by atoms with E-state index < -0.39 is 5.97 Å². The lowest BCUT2D eigenvalue weighted by Crippen LogP contribution is -2.27. The highest BCUT2D eigenvalue weighted by Crippen LogP contribution is 2.32. The van der Waals surface area contributed by atoms with Crippen LogP contribution in [-0.2, 0) is 0 Å². The molecule has 1 N–H and O–H groups in total. The lowest BCUT2D eigenvalue weighted by molar-refractivity contribution is 0.0697. The molecule has 1 aliphatic carbocycles. The molecule has 0 saturated heterocycles. The predicted molar refractivity (Wildman–Crippen MR) is 65.0 cm³/mol. The van der Waals surface area contributed by atoms with Crippen LogP contribution in [-0.4, -0.2) is 29.1 Å². The lowest BCUT2D eigenvalue weighted by Gasteiger charge is -2.23. The first-order chi connectivity index (χ1) is 8.22. The van der Waals surface area contributed by atoms with Crippen molar-refractivity contribution in [1.29, 1.82) is 0 Å². The first kappa shape index (κ1) is 11.5. The molecular weight excluding hydrogens is 216 g/mol. The van der Waals surface area contributed by atoms with E-state index in [1.165, 1.54) is 19.0 Å². The maximum Gasteiger partial charge on any atom is 0.339 e. The number of carboxylic acids is 1. The van der Waals surface area contributed by atoms with Crippen molar-refractivity contribution >= 4 is 11.7 Å². The second-order valence-corrected chi connectivity index (χ2v) is 4.23. The van der Waals surface area contributed by atoms with Crippen LogP contribution in [0.15, 0.2) is 18.5 Å². The molecule has 1 fully saturated rings. The van der Waals surface area contributed by atoms with Crippen LogP contribution in [0.1, 0.15) is 23.2 Å². The van der Waals surface area contributed by atoms with Crippen LogP contribution in [0, 0.1) is 18.3 Å². The van der Waals surface area contributed by atoms with Gasteiger partial charge in [0.2, 0.25) is 0 Å². The van der Waals surface area contributed by atoms with E-state index in [0.29, 0.717) is 18.2 Å². The van der Waals surface area contributed by atoms with Crippen molar-refractivity contribution in [3.05, 3.63) is 24.0 Å². The Morgan fingerprint density at radius 1 is 1.65 bits per heavy atom. The molecular formula is C13H14N2O2. The highest BCUT2D eigenvalue weighted by atomic mass is 16.4. The molecule has 4 heteroatoms. The van der Waals surface area contributed by atoms with Gasteiger partial charge in [-0.05, 0) is 24.8 Å². The van der Waals surface area contributed by atoms with E-state index in [-0.39, 0.29) is 5.56 Å². The molecule has 0 aliphatic heterocycles. The van der Waals surface area contributed by atoms with Gasteiger partial charge in [-0.2, -0.15) is 0 Å². The summed E-state index contributed by atoms with van der Waals surface area (Å²) in [6, 6.07) is 1.71. The van der Waals surface area contributed by atoms with E-state index >= 15 is 0 Å². The monoisotopic (exact) mass is 230 g/mol. The van der Waals surface area contributed by atoms with Crippen molar-refractivity contribution in [1.82, 2.24) is 4.98 Å². The summed E-state index contributed by atoms with van der Waals surface area (Å²) in [6.07, 6.45) is 10.7. The summed E-state index contributed by atoms with van der Waals surface area (Å²) in [5.74, 6) is 2.26. The Balaban J connectivity index is 2.27. The van der Waals surface area contributed by atoms with Gasteiger partial charge < -0.3 is 10.0 Å². The Bertz CT molecular complexity index is 461. The fourth-order valence-electron chi connectivity index (χ4n) is 1.80. The number of hydrogen-bond acceptors (Lipinski definition) is 3. The van der Waals surface area contributed by atoms with Crippen LogP contribution in [0.2, 0.25) is 0 Å². The molecule has 2 rings (SSSR count). The molecule has 1 heterocycles. The molecule has 0 spiro atoms. The number of rotatable bonds is 5. The zero-order valence-electron chi connectivity index (χ0n) is 9.47. The van der Waals surface area contributed by atoms with E-state index in [4.69, 9.17) is 11.5 Å². The molecule has 1 aliphatic rings. The quantitative estimate of drug-likeness (QED) is 0.781. The number of aromatic nitrogens is 1. The number of hydrogen-bond donors (Lipinski definition) is 1. The average Bonchev–Trinajstić information content (AvgIpc) is 3.12. The number of nitrogens with zero attached hydrogens (tertiary/aromatic N) is 2. The molecule has 0 aromatic carbocycles. The Labute approximate surface area is 100 Å². The molecule has 0 bridgehead atoms. The first-order valence-electron chi connectivity index (χ1n) is 5.58. The second kappa shape index (κ2) is 4.88. The Morgan fingerprint density at radius 2 is 2.41 bits per heavy atom. The van der Waals surface area contributed by atoms with Crippen molar-refractivity contribution in [3.63, 3.8) is 0 Å². The Hall–Kier alpha value is -2.02. The third-order valence-electron chi connectivity index (χ3n) is 2.83. The van der Waals surface area contributed by atoms with E-state index in [1.807, 2.05) is 4.90 Å². The van der Waals surface area contributed by atoms with E-state index in [2.05, 4.69) is 10.9 Å². The van der Waals surface area contributed by atoms with Crippen molar-refractivity contribution in [2.45, 2.75) is 12.8 Å². The predicted octanol–water partition coefficient (Wildman–Crippen LogP) is 1.63. The van der Waals surface area contributed by atoms with Gasteiger partial charge in [-0.15, -0.1) is 6.42 Å². The van der Waals surface area contributed by atoms with Crippen molar-refractivity contribution in [2.75, 3.05) is 18.0 Å². The van der Waals surface area contributed by atoms with E-state index in [9.17, 15) is 4.79 Å². The fraction of sp³-hybridized carbons (Fsp3) is 0.385. The second-order valence-electron chi connectivity index (χ2n) is 4.23. The lowest BCUT2D eigenvalue weighted by atomic mass is 10.2. The molecule has 0 unspecified atom stereocenters. The number of anilines is 1. The van der Waals surface area contributed by atoms with Gasteiger partial charge in [0.1, 0.15) is 5.56 Å². The van der Waals surface area contributed by atoms with Gasteiger partial charge in [-0.3, -0.25) is 4.98 Å². The first-order valence-corrected chi connectivity index (χ1v) is 5.58. The van der Waals surface area contributed by atoms with Gasteiger partial charge in [0.05, 0.1) is 12.2 Å². The molecule has 1 aromatic rings. The molecule has 4 nitrogen and oxygen atoms in total. The van der Waals surface area contributed by atoms with Crippen LogP contribution < -0.4 is 4.90 Å². The highest BCUT2D eigenvalue weighted by molar-refractivity contribution is 5.94. The maximum absolute atomic E-state index is 11.1. The smallest absolute Gasteiger partial charge is 0.339 e. The fourth-order valence-corrected chi connectivity index (χ4v) is 1.80. The van der Waals surface area contributed by atoms with Gasteiger partial charge in [0.25, 0.3) is 0 Å². The van der Waals surface area contributed by atoms with Crippen molar-refractivity contribution < 1.29 is 9.90 Å². The van der Waals surface area contributed by atoms with E-state index in [0.717, 1.165) is 6.54 Å². The minimum Gasteiger partial charge on any atom is -0.478 e. The normalized spacial score (nSPS) is 14.1. The standard InChI is InChI=1S/C13H14N2O2/c1-2-7-15(9-10-3-4-10)12-5-6-14-8-11(12)13(16)17/h1,5-6,8,10H,3-4,7,9H2,(H,16,17). The van der Waals surface area contributed by atoms with Gasteiger partial charge in [-0.25, -0.2) is 4.79 Å². The zero-order valence-corrected chi connectivity index (χ0v) is 9.47. The van der Waals surface area contributed by atoms with Gasteiger partial charge in [0.15, 0.2) is 0 Å². The summed E-state index contributed by atoms with van der Waals surface area (Å²) >= 11 is 0. The summed E-state index contributed by atoms with van der Waals surface area (Å²) in [4.78, 5) is 16.9. The third kappa shape index (κ3) is 2.76. The van der Waals surface area contributed by atoms with Crippen molar-refractivity contribution in [2.24, 2.45) is 5.92 Å². The largest absolute Gasteiger partial charge is 0.478 e. The zero-order chi connectivity index (χ0) is 12.3. The van der Waals surface area contributed by atoms with Crippen LogP contribution in [0.5, 0.6) is 0 Å². The molecule has 0 atom stereocenters. The molecule has 0 amide bonds. The summed E-state index contributed by atoms with van der Waals surface area (Å²) in [5.41, 5.74) is 0.876. The molecule has 1 aromatic heterocycles. The van der Waals surface area contributed by atoms with E-state index in [1.54, 1.807) is 12.3 Å². The van der Waals surface area contributed by atoms with Crippen molar-refractivity contribution in [3.8, 4) is 12.3 Å². The van der Waals surface area contributed by atoms with Crippen LogP contribution in [0.25, 0.3) is 0 Å². The number of carbonyl (C=O) groups is 1. The average molecular weight is 230 g/mol. The minimum atomic E-state index is -0.967. The van der Waals surface area contributed by atoms with Gasteiger partial charge in [-0.1, -0.05) is 5.92 Å². The van der Waals surface area contributed by atoms with Crippen LogP contribution >= 0.6 is 0 Å². The summed E-state index contributed by atoms with van der Waals surface area (Å²) < 4.78 is 0. The topological polar surface area (TPSA) is 53.4 Å². The highest BCUT2D eigenvalue weighted by Gasteiger charge is 2.26. The molecule has 1 saturated carbocycles. The number of terminal acetylenes is 1. The van der Waals surface area contributed by atoms with Crippen LogP contribution in [0.4, 0.5) is 5.69 Å². The van der Waals surface area contributed by atoms with Gasteiger partial charge in [0, 0.05) is 18.9 Å². The third-order valence-corrected chi connectivity index (χ3v) is 2.83. The number of carboxylic acid groups (broad SMARTS) is 1. The summed E-state index contributed by atoms with van der Waals surface area (Å²) in [6.45, 7) is 1.26. The molecule has 17 heavy (non-hydrogen) atoms. The van der Waals surface area contributed by atoms with Crippen LogP contribution in [0.3, 0.4) is 0 Å². The minimum absolute atomic E-state index is 0.211. The maximum atomic E-state index is 11.1. The number of aromatic carboxylic acids is 1. The Morgan fingerprint density at radius 3 is 3.00 bits per heavy atom. The Kier molecular flexibility index (Phi) is 3.29. The van der Waals surface area contributed by atoms with Gasteiger partial charge >= 0.3 is 5.97 Å². The SMILES string of the molecule is C#CCN(CC1CC1)c1ccncc1C(=O)O. The summed E-state index contributed by atoms with van der Waals surface area (Å²) in [7, 11) is 0.